The maximum Gasteiger partial charge on any atom is 0.274 e. The number of aryl methyl sites for hydroxylation is 1. The molecule has 0 aromatic carbocycles. The van der Waals surface area contributed by atoms with Crippen LogP contribution in [0.1, 0.15) is 30.8 Å². The Morgan fingerprint density at radius 2 is 2.32 bits per heavy atom. The third-order valence-electron chi connectivity index (χ3n) is 3.57. The number of nitrogens with one attached hydrogen (secondary N) is 1. The fourth-order valence-electron chi connectivity index (χ4n) is 2.63. The molecule has 1 aromatic rings. The van der Waals surface area contributed by atoms with E-state index in [2.05, 4.69) is 10.3 Å². The van der Waals surface area contributed by atoms with E-state index in [1.165, 1.54) is 0 Å². The first-order valence-corrected chi connectivity index (χ1v) is 6.79. The molecular weight excluding hydrogens is 244 g/mol. The van der Waals surface area contributed by atoms with Gasteiger partial charge in [-0.25, -0.2) is 4.98 Å². The van der Waals surface area contributed by atoms with Gasteiger partial charge in [-0.05, 0) is 20.3 Å². The van der Waals surface area contributed by atoms with E-state index in [4.69, 9.17) is 4.74 Å². The SMILES string of the molecule is CC1(C)CN(C(=O)c2cn3c(n2)NCCC3)CCO1. The monoisotopic (exact) mass is 264 g/mol. The van der Waals surface area contributed by atoms with Crippen LogP contribution in [0.15, 0.2) is 6.20 Å². The van der Waals surface area contributed by atoms with E-state index in [-0.39, 0.29) is 11.5 Å². The van der Waals surface area contributed by atoms with Crippen LogP contribution in [0.25, 0.3) is 0 Å². The lowest BCUT2D eigenvalue weighted by molar-refractivity contribution is -0.0764. The van der Waals surface area contributed by atoms with Crippen LogP contribution in [0, 0.1) is 0 Å². The van der Waals surface area contributed by atoms with Crippen molar-refractivity contribution < 1.29 is 9.53 Å². The van der Waals surface area contributed by atoms with Gasteiger partial charge < -0.3 is 19.5 Å². The first-order chi connectivity index (χ1) is 9.05. The number of hydrogen-bond donors (Lipinski definition) is 1. The van der Waals surface area contributed by atoms with Gasteiger partial charge in [0, 0.05) is 32.4 Å². The number of amides is 1. The molecule has 0 bridgehead atoms. The zero-order valence-corrected chi connectivity index (χ0v) is 11.5. The van der Waals surface area contributed by atoms with Gasteiger partial charge in [0.2, 0.25) is 5.95 Å². The van der Waals surface area contributed by atoms with Crippen molar-refractivity contribution in [2.75, 3.05) is 31.6 Å². The fourth-order valence-corrected chi connectivity index (χ4v) is 2.63. The Balaban J connectivity index is 1.78. The number of morpholine rings is 1. The standard InChI is InChI=1S/C13H20N4O2/c1-13(2)9-17(6-7-19-13)11(18)10-8-16-5-3-4-14-12(16)15-10/h8H,3-7,9H2,1-2H3,(H,14,15). The molecule has 1 amide bonds. The van der Waals surface area contributed by atoms with E-state index >= 15 is 0 Å². The average molecular weight is 264 g/mol. The third kappa shape index (κ3) is 2.45. The predicted molar refractivity (Wildman–Crippen MR) is 71.3 cm³/mol. The first-order valence-electron chi connectivity index (χ1n) is 6.79. The third-order valence-corrected chi connectivity index (χ3v) is 3.57. The number of carbonyl (C=O) groups is 1. The van der Waals surface area contributed by atoms with E-state index in [0.717, 1.165) is 25.5 Å². The number of nitrogens with zero attached hydrogens (tertiary/aromatic N) is 3. The van der Waals surface area contributed by atoms with Gasteiger partial charge in [0.1, 0.15) is 5.69 Å². The molecule has 0 saturated carbocycles. The Hall–Kier alpha value is -1.56. The summed E-state index contributed by atoms with van der Waals surface area (Å²) < 4.78 is 7.65. The summed E-state index contributed by atoms with van der Waals surface area (Å²) in [5.41, 5.74) is 0.257. The van der Waals surface area contributed by atoms with Gasteiger partial charge in [-0.2, -0.15) is 0 Å². The molecule has 1 saturated heterocycles. The smallest absolute Gasteiger partial charge is 0.274 e. The fraction of sp³-hybridized carbons (Fsp3) is 0.692. The van der Waals surface area contributed by atoms with Crippen LogP contribution in [0.5, 0.6) is 0 Å². The molecular formula is C13H20N4O2. The van der Waals surface area contributed by atoms with Crippen LogP contribution < -0.4 is 5.32 Å². The molecule has 1 aromatic heterocycles. The summed E-state index contributed by atoms with van der Waals surface area (Å²) in [7, 11) is 0. The maximum absolute atomic E-state index is 12.5. The number of anilines is 1. The highest BCUT2D eigenvalue weighted by molar-refractivity contribution is 5.92. The van der Waals surface area contributed by atoms with Crippen molar-refractivity contribution >= 4 is 11.9 Å². The van der Waals surface area contributed by atoms with Crippen molar-refractivity contribution in [3.63, 3.8) is 0 Å². The number of ether oxygens (including phenoxy) is 1. The molecule has 1 fully saturated rings. The summed E-state index contributed by atoms with van der Waals surface area (Å²) in [5, 5.41) is 3.21. The van der Waals surface area contributed by atoms with Gasteiger partial charge in [0.15, 0.2) is 0 Å². The van der Waals surface area contributed by atoms with Crippen molar-refractivity contribution in [1.82, 2.24) is 14.5 Å². The number of fused-ring (bicyclic) bond motifs is 1. The van der Waals surface area contributed by atoms with Gasteiger partial charge in [-0.15, -0.1) is 0 Å². The van der Waals surface area contributed by atoms with Gasteiger partial charge >= 0.3 is 0 Å². The second kappa shape index (κ2) is 4.52. The first kappa shape index (κ1) is 12.5. The maximum atomic E-state index is 12.5. The van der Waals surface area contributed by atoms with Gasteiger partial charge in [0.25, 0.3) is 5.91 Å². The van der Waals surface area contributed by atoms with Crippen LogP contribution in [-0.2, 0) is 11.3 Å². The molecule has 104 valence electrons. The molecule has 6 heteroatoms. The van der Waals surface area contributed by atoms with Gasteiger partial charge in [-0.1, -0.05) is 0 Å². The quantitative estimate of drug-likeness (QED) is 0.820. The summed E-state index contributed by atoms with van der Waals surface area (Å²) in [6, 6.07) is 0. The van der Waals surface area contributed by atoms with Crippen LogP contribution in [0.2, 0.25) is 0 Å². The van der Waals surface area contributed by atoms with Crippen molar-refractivity contribution in [3.05, 3.63) is 11.9 Å². The van der Waals surface area contributed by atoms with E-state index in [9.17, 15) is 4.79 Å². The Labute approximate surface area is 112 Å². The zero-order chi connectivity index (χ0) is 13.5. The van der Waals surface area contributed by atoms with E-state index in [1.807, 2.05) is 29.5 Å². The lowest BCUT2D eigenvalue weighted by atomic mass is 10.1. The highest BCUT2D eigenvalue weighted by Gasteiger charge is 2.31. The number of imidazole rings is 1. The normalized spacial score (nSPS) is 21.7. The Morgan fingerprint density at radius 3 is 3.05 bits per heavy atom. The number of aromatic nitrogens is 2. The van der Waals surface area contributed by atoms with Gasteiger partial charge in [0.05, 0.1) is 12.2 Å². The average Bonchev–Trinajstić information content (AvgIpc) is 2.80. The molecule has 2 aliphatic rings. The van der Waals surface area contributed by atoms with E-state index in [0.29, 0.717) is 25.4 Å². The topological polar surface area (TPSA) is 59.4 Å². The Bertz CT molecular complexity index is 471. The van der Waals surface area contributed by atoms with E-state index in [1.54, 1.807) is 0 Å². The minimum Gasteiger partial charge on any atom is -0.372 e. The highest BCUT2D eigenvalue weighted by atomic mass is 16.5. The molecule has 0 unspecified atom stereocenters. The lowest BCUT2D eigenvalue weighted by Gasteiger charge is -2.37. The molecule has 0 spiro atoms. The summed E-state index contributed by atoms with van der Waals surface area (Å²) in [6.45, 7) is 7.70. The summed E-state index contributed by atoms with van der Waals surface area (Å²) >= 11 is 0. The number of hydrogen-bond acceptors (Lipinski definition) is 4. The number of carbonyl (C=O) groups excluding carboxylic acids is 1. The molecule has 0 radical (unpaired) electrons. The molecule has 1 N–H and O–H groups in total. The molecule has 2 aliphatic heterocycles. The zero-order valence-electron chi connectivity index (χ0n) is 11.5. The van der Waals surface area contributed by atoms with Crippen LogP contribution in [0.3, 0.4) is 0 Å². The van der Waals surface area contributed by atoms with E-state index < -0.39 is 0 Å². The summed E-state index contributed by atoms with van der Waals surface area (Å²) in [5.74, 6) is 0.808. The van der Waals surface area contributed by atoms with Crippen molar-refractivity contribution in [2.24, 2.45) is 0 Å². The second-order valence-electron chi connectivity index (χ2n) is 5.76. The van der Waals surface area contributed by atoms with Crippen LogP contribution in [0.4, 0.5) is 5.95 Å². The summed E-state index contributed by atoms with van der Waals surface area (Å²) in [6.07, 6.45) is 2.92. The Kier molecular flexibility index (Phi) is 2.97. The van der Waals surface area contributed by atoms with Crippen molar-refractivity contribution in [3.8, 4) is 0 Å². The largest absolute Gasteiger partial charge is 0.372 e. The highest BCUT2D eigenvalue weighted by Crippen LogP contribution is 2.20. The Morgan fingerprint density at radius 1 is 1.47 bits per heavy atom. The lowest BCUT2D eigenvalue weighted by Crippen LogP contribution is -2.50. The van der Waals surface area contributed by atoms with Crippen LogP contribution in [-0.4, -0.2) is 52.2 Å². The predicted octanol–water partition coefficient (Wildman–Crippen LogP) is 0.950. The molecule has 3 rings (SSSR count). The second-order valence-corrected chi connectivity index (χ2v) is 5.76. The molecule has 3 heterocycles. The van der Waals surface area contributed by atoms with Gasteiger partial charge in [-0.3, -0.25) is 4.79 Å². The minimum absolute atomic E-state index is 0.0000694. The van der Waals surface area contributed by atoms with Crippen LogP contribution >= 0.6 is 0 Å². The van der Waals surface area contributed by atoms with Crippen molar-refractivity contribution in [2.45, 2.75) is 32.4 Å². The summed E-state index contributed by atoms with van der Waals surface area (Å²) in [4.78, 5) is 18.7. The molecule has 0 aliphatic carbocycles. The van der Waals surface area contributed by atoms with Crippen molar-refractivity contribution in [1.29, 1.82) is 0 Å². The molecule has 6 nitrogen and oxygen atoms in total. The molecule has 0 atom stereocenters. The minimum atomic E-state index is -0.272. The number of rotatable bonds is 1. The molecule has 19 heavy (non-hydrogen) atoms.